The Morgan fingerprint density at radius 1 is 1.54 bits per heavy atom. The van der Waals surface area contributed by atoms with Gasteiger partial charge in [-0.2, -0.15) is 0 Å². The van der Waals surface area contributed by atoms with Gasteiger partial charge in [-0.3, -0.25) is 4.79 Å². The SMILES string of the molecule is CCC(=O)CSc1cccc(Br)c1. The van der Waals surface area contributed by atoms with Gasteiger partial charge in [0, 0.05) is 15.8 Å². The Kier molecular flexibility index (Phi) is 4.53. The van der Waals surface area contributed by atoms with Gasteiger partial charge in [-0.05, 0) is 18.2 Å². The summed E-state index contributed by atoms with van der Waals surface area (Å²) in [5.41, 5.74) is 0. The van der Waals surface area contributed by atoms with Gasteiger partial charge in [0.2, 0.25) is 0 Å². The lowest BCUT2D eigenvalue weighted by Gasteiger charge is -1.99. The molecule has 0 saturated carbocycles. The molecule has 0 aliphatic rings. The highest BCUT2D eigenvalue weighted by Crippen LogP contribution is 2.21. The van der Waals surface area contributed by atoms with Crippen LogP contribution in [0.4, 0.5) is 0 Å². The first kappa shape index (κ1) is 10.8. The highest BCUT2D eigenvalue weighted by molar-refractivity contribution is 9.10. The summed E-state index contributed by atoms with van der Waals surface area (Å²) in [6.07, 6.45) is 0.626. The maximum absolute atomic E-state index is 11.0. The van der Waals surface area contributed by atoms with Crippen LogP contribution in [-0.2, 0) is 4.79 Å². The first-order chi connectivity index (χ1) is 6.22. The predicted molar refractivity (Wildman–Crippen MR) is 60.2 cm³/mol. The van der Waals surface area contributed by atoms with Gasteiger partial charge >= 0.3 is 0 Å². The van der Waals surface area contributed by atoms with Crippen LogP contribution in [0.15, 0.2) is 33.6 Å². The summed E-state index contributed by atoms with van der Waals surface area (Å²) in [6, 6.07) is 7.99. The molecule has 0 fully saturated rings. The Morgan fingerprint density at radius 2 is 2.31 bits per heavy atom. The van der Waals surface area contributed by atoms with E-state index in [1.165, 1.54) is 0 Å². The predicted octanol–water partition coefficient (Wildman–Crippen LogP) is 3.52. The minimum absolute atomic E-state index is 0.296. The number of Topliss-reactive ketones (excluding diaryl/α,β-unsaturated/α-hetero) is 1. The second-order valence-electron chi connectivity index (χ2n) is 2.64. The molecule has 0 N–H and O–H groups in total. The van der Waals surface area contributed by atoms with Crippen molar-refractivity contribution in [1.82, 2.24) is 0 Å². The molecule has 0 saturated heterocycles. The van der Waals surface area contributed by atoms with Crippen LogP contribution in [-0.4, -0.2) is 11.5 Å². The number of thioether (sulfide) groups is 1. The number of rotatable bonds is 4. The van der Waals surface area contributed by atoms with Crippen LogP contribution in [0.1, 0.15) is 13.3 Å². The standard InChI is InChI=1S/C10H11BrOS/c1-2-9(12)7-13-10-5-3-4-8(11)6-10/h3-6H,2,7H2,1H3. The Balaban J connectivity index is 2.50. The molecule has 1 aromatic carbocycles. The molecule has 0 unspecified atom stereocenters. The molecule has 1 aromatic rings. The first-order valence-electron chi connectivity index (χ1n) is 4.12. The van der Waals surface area contributed by atoms with Crippen molar-refractivity contribution in [3.05, 3.63) is 28.7 Å². The second-order valence-corrected chi connectivity index (χ2v) is 4.60. The monoisotopic (exact) mass is 258 g/mol. The zero-order valence-corrected chi connectivity index (χ0v) is 9.82. The van der Waals surface area contributed by atoms with Crippen LogP contribution in [0, 0.1) is 0 Å². The summed E-state index contributed by atoms with van der Waals surface area (Å²) in [7, 11) is 0. The van der Waals surface area contributed by atoms with Crippen molar-refractivity contribution in [2.45, 2.75) is 18.2 Å². The molecule has 13 heavy (non-hydrogen) atoms. The average Bonchev–Trinajstić information content (AvgIpc) is 2.14. The van der Waals surface area contributed by atoms with E-state index < -0.39 is 0 Å². The number of benzene rings is 1. The van der Waals surface area contributed by atoms with E-state index in [1.807, 2.05) is 31.2 Å². The lowest BCUT2D eigenvalue weighted by molar-refractivity contribution is -0.116. The van der Waals surface area contributed by atoms with Crippen LogP contribution in [0.3, 0.4) is 0 Å². The molecule has 0 radical (unpaired) electrons. The smallest absolute Gasteiger partial charge is 0.142 e. The van der Waals surface area contributed by atoms with Crippen molar-refractivity contribution in [3.63, 3.8) is 0 Å². The summed E-state index contributed by atoms with van der Waals surface area (Å²) in [4.78, 5) is 12.2. The third kappa shape index (κ3) is 3.96. The van der Waals surface area contributed by atoms with Gasteiger partial charge < -0.3 is 0 Å². The van der Waals surface area contributed by atoms with Crippen molar-refractivity contribution in [1.29, 1.82) is 0 Å². The van der Waals surface area contributed by atoms with E-state index in [4.69, 9.17) is 0 Å². The fraction of sp³-hybridized carbons (Fsp3) is 0.300. The largest absolute Gasteiger partial charge is 0.299 e. The fourth-order valence-corrected chi connectivity index (χ4v) is 2.29. The molecule has 0 amide bonds. The van der Waals surface area contributed by atoms with Crippen LogP contribution in [0.25, 0.3) is 0 Å². The van der Waals surface area contributed by atoms with Crippen molar-refractivity contribution in [3.8, 4) is 0 Å². The van der Waals surface area contributed by atoms with Gasteiger partial charge in [0.15, 0.2) is 0 Å². The summed E-state index contributed by atoms with van der Waals surface area (Å²) in [6.45, 7) is 1.89. The van der Waals surface area contributed by atoms with E-state index in [0.717, 1.165) is 9.37 Å². The van der Waals surface area contributed by atoms with Crippen LogP contribution in [0.5, 0.6) is 0 Å². The number of carbonyl (C=O) groups excluding carboxylic acids is 1. The minimum Gasteiger partial charge on any atom is -0.299 e. The number of hydrogen-bond donors (Lipinski definition) is 0. The molecule has 0 aliphatic heterocycles. The van der Waals surface area contributed by atoms with Gasteiger partial charge in [0.05, 0.1) is 5.75 Å². The molecule has 0 bridgehead atoms. The van der Waals surface area contributed by atoms with Gasteiger partial charge in [0.25, 0.3) is 0 Å². The van der Waals surface area contributed by atoms with E-state index >= 15 is 0 Å². The zero-order valence-electron chi connectivity index (χ0n) is 7.42. The molecule has 70 valence electrons. The third-order valence-electron chi connectivity index (χ3n) is 1.59. The maximum Gasteiger partial charge on any atom is 0.142 e. The molecule has 0 aliphatic carbocycles. The van der Waals surface area contributed by atoms with Gasteiger partial charge in [-0.25, -0.2) is 0 Å². The fourth-order valence-electron chi connectivity index (χ4n) is 0.823. The molecule has 0 atom stereocenters. The number of carbonyl (C=O) groups is 1. The molecule has 1 rings (SSSR count). The summed E-state index contributed by atoms with van der Waals surface area (Å²) in [5, 5.41) is 0. The molecule has 1 nitrogen and oxygen atoms in total. The van der Waals surface area contributed by atoms with Crippen molar-refractivity contribution in [2.75, 3.05) is 5.75 Å². The lowest BCUT2D eigenvalue weighted by atomic mass is 10.4. The lowest BCUT2D eigenvalue weighted by Crippen LogP contribution is -1.97. The van der Waals surface area contributed by atoms with Crippen LogP contribution in [0.2, 0.25) is 0 Å². The van der Waals surface area contributed by atoms with Crippen LogP contribution < -0.4 is 0 Å². The van der Waals surface area contributed by atoms with Crippen molar-refractivity contribution in [2.24, 2.45) is 0 Å². The van der Waals surface area contributed by atoms with Gasteiger partial charge in [-0.15, -0.1) is 11.8 Å². The molecular weight excluding hydrogens is 248 g/mol. The van der Waals surface area contributed by atoms with E-state index in [2.05, 4.69) is 15.9 Å². The Bertz CT molecular complexity index is 299. The molecule has 0 spiro atoms. The van der Waals surface area contributed by atoms with E-state index in [9.17, 15) is 4.79 Å². The number of ketones is 1. The summed E-state index contributed by atoms with van der Waals surface area (Å²) < 4.78 is 1.06. The zero-order chi connectivity index (χ0) is 9.68. The second kappa shape index (κ2) is 5.45. The number of halogens is 1. The van der Waals surface area contributed by atoms with E-state index in [0.29, 0.717) is 18.0 Å². The summed E-state index contributed by atoms with van der Waals surface area (Å²) >= 11 is 4.98. The highest BCUT2D eigenvalue weighted by Gasteiger charge is 2.00. The third-order valence-corrected chi connectivity index (χ3v) is 3.14. The van der Waals surface area contributed by atoms with Gasteiger partial charge in [-0.1, -0.05) is 28.9 Å². The van der Waals surface area contributed by atoms with Gasteiger partial charge in [0.1, 0.15) is 5.78 Å². The van der Waals surface area contributed by atoms with Crippen molar-refractivity contribution >= 4 is 33.5 Å². The normalized spacial score (nSPS) is 10.0. The first-order valence-corrected chi connectivity index (χ1v) is 5.90. The maximum atomic E-state index is 11.0. The molecule has 0 aromatic heterocycles. The average molecular weight is 259 g/mol. The Labute approximate surface area is 91.0 Å². The van der Waals surface area contributed by atoms with Crippen molar-refractivity contribution < 1.29 is 4.79 Å². The topological polar surface area (TPSA) is 17.1 Å². The minimum atomic E-state index is 0.296. The molecule has 0 heterocycles. The Hall–Kier alpha value is -0.280. The van der Waals surface area contributed by atoms with Crippen LogP contribution >= 0.6 is 27.7 Å². The molecular formula is C10H11BrOS. The quantitative estimate of drug-likeness (QED) is 0.769. The summed E-state index contributed by atoms with van der Waals surface area (Å²) in [5.74, 6) is 0.873. The Morgan fingerprint density at radius 3 is 2.92 bits per heavy atom. The number of hydrogen-bond acceptors (Lipinski definition) is 2. The highest BCUT2D eigenvalue weighted by atomic mass is 79.9. The van der Waals surface area contributed by atoms with E-state index in [1.54, 1.807) is 11.8 Å². The van der Waals surface area contributed by atoms with E-state index in [-0.39, 0.29) is 0 Å². The molecule has 3 heteroatoms.